The highest BCUT2D eigenvalue weighted by atomic mass is 16.4. The molecule has 0 radical (unpaired) electrons. The van der Waals surface area contributed by atoms with Crippen molar-refractivity contribution in [2.45, 2.75) is 26.7 Å². The van der Waals surface area contributed by atoms with Crippen molar-refractivity contribution in [3.8, 4) is 22.9 Å². The van der Waals surface area contributed by atoms with Crippen LogP contribution in [0.3, 0.4) is 0 Å². The summed E-state index contributed by atoms with van der Waals surface area (Å²) in [6, 6.07) is 7.38. The number of pyridine rings is 2. The molecule has 0 saturated heterocycles. The van der Waals surface area contributed by atoms with Gasteiger partial charge in [0.25, 0.3) is 0 Å². The topological polar surface area (TPSA) is 120 Å². The maximum absolute atomic E-state index is 12.2. The van der Waals surface area contributed by atoms with Gasteiger partial charge in [-0.2, -0.15) is 0 Å². The van der Waals surface area contributed by atoms with Gasteiger partial charge in [0.05, 0.1) is 5.56 Å². The van der Waals surface area contributed by atoms with Crippen LogP contribution in [0.1, 0.15) is 24.4 Å². The molecule has 9 heteroatoms. The van der Waals surface area contributed by atoms with Crippen molar-refractivity contribution in [2.24, 2.45) is 5.92 Å². The van der Waals surface area contributed by atoms with E-state index in [2.05, 4.69) is 30.5 Å². The SMILES string of the molecule is Cc1nnc(-c2ccc3oc(-c4cnc(C)c5cnc(NC(=O)C6CC6)cc45)nc3c2)o1. The second-order valence-corrected chi connectivity index (χ2v) is 7.96. The van der Waals surface area contributed by atoms with Gasteiger partial charge in [0, 0.05) is 47.3 Å². The molecule has 0 spiro atoms. The lowest BCUT2D eigenvalue weighted by molar-refractivity contribution is -0.117. The highest BCUT2D eigenvalue weighted by Crippen LogP contribution is 2.34. The summed E-state index contributed by atoms with van der Waals surface area (Å²) in [6.45, 7) is 3.66. The van der Waals surface area contributed by atoms with Crippen molar-refractivity contribution in [1.82, 2.24) is 25.1 Å². The highest BCUT2D eigenvalue weighted by molar-refractivity contribution is 6.00. The van der Waals surface area contributed by atoms with Gasteiger partial charge < -0.3 is 14.2 Å². The summed E-state index contributed by atoms with van der Waals surface area (Å²) in [5.41, 5.74) is 3.62. The Morgan fingerprint density at radius 3 is 2.66 bits per heavy atom. The van der Waals surface area contributed by atoms with Gasteiger partial charge in [-0.1, -0.05) is 0 Å². The molecule has 1 aromatic carbocycles. The molecule has 0 unspecified atom stereocenters. The van der Waals surface area contributed by atoms with Crippen molar-refractivity contribution >= 4 is 33.6 Å². The summed E-state index contributed by atoms with van der Waals surface area (Å²) in [5.74, 6) is 1.97. The van der Waals surface area contributed by atoms with Crippen LogP contribution in [0, 0.1) is 19.8 Å². The number of anilines is 1. The van der Waals surface area contributed by atoms with E-state index in [-0.39, 0.29) is 11.8 Å². The summed E-state index contributed by atoms with van der Waals surface area (Å²) in [7, 11) is 0. The number of oxazole rings is 1. The molecule has 1 fully saturated rings. The first-order valence-electron chi connectivity index (χ1n) is 10.3. The van der Waals surface area contributed by atoms with Crippen molar-refractivity contribution < 1.29 is 13.6 Å². The third kappa shape index (κ3) is 3.18. The zero-order valence-corrected chi connectivity index (χ0v) is 17.4. The minimum atomic E-state index is 0.00910. The molecule has 1 aliphatic rings. The average Bonchev–Trinajstić information content (AvgIpc) is 3.42. The predicted molar refractivity (Wildman–Crippen MR) is 117 cm³/mol. The van der Waals surface area contributed by atoms with Gasteiger partial charge in [0.1, 0.15) is 11.3 Å². The largest absolute Gasteiger partial charge is 0.436 e. The van der Waals surface area contributed by atoms with Gasteiger partial charge in [0.2, 0.25) is 23.6 Å². The number of carbonyl (C=O) groups excluding carboxylic acids is 1. The summed E-state index contributed by atoms with van der Waals surface area (Å²) in [4.78, 5) is 25.8. The molecular weight excluding hydrogens is 408 g/mol. The Labute approximate surface area is 181 Å². The van der Waals surface area contributed by atoms with Crippen LogP contribution in [-0.4, -0.2) is 31.1 Å². The van der Waals surface area contributed by atoms with E-state index < -0.39 is 0 Å². The quantitative estimate of drug-likeness (QED) is 0.447. The zero-order chi connectivity index (χ0) is 21.8. The fourth-order valence-electron chi connectivity index (χ4n) is 3.67. The fourth-order valence-corrected chi connectivity index (χ4v) is 3.67. The summed E-state index contributed by atoms with van der Waals surface area (Å²) in [6.07, 6.45) is 5.32. The lowest BCUT2D eigenvalue weighted by Crippen LogP contribution is -2.14. The Balaban J connectivity index is 1.44. The zero-order valence-electron chi connectivity index (χ0n) is 17.4. The van der Waals surface area contributed by atoms with Gasteiger partial charge in [-0.25, -0.2) is 9.97 Å². The molecule has 1 saturated carbocycles. The van der Waals surface area contributed by atoms with Crippen LogP contribution in [0.25, 0.3) is 44.8 Å². The molecule has 1 amide bonds. The molecule has 4 aromatic heterocycles. The van der Waals surface area contributed by atoms with Gasteiger partial charge in [0.15, 0.2) is 5.58 Å². The number of aromatic nitrogens is 5. The van der Waals surface area contributed by atoms with E-state index in [9.17, 15) is 4.79 Å². The lowest BCUT2D eigenvalue weighted by atomic mass is 10.1. The minimum Gasteiger partial charge on any atom is -0.436 e. The van der Waals surface area contributed by atoms with E-state index in [1.807, 2.05) is 31.2 Å². The van der Waals surface area contributed by atoms with Crippen LogP contribution in [0.15, 0.2) is 45.5 Å². The van der Waals surface area contributed by atoms with Crippen LogP contribution < -0.4 is 5.32 Å². The van der Waals surface area contributed by atoms with Gasteiger partial charge >= 0.3 is 0 Å². The Hall–Kier alpha value is -4.14. The molecular formula is C23H18N6O3. The van der Waals surface area contributed by atoms with E-state index in [1.165, 1.54) is 0 Å². The third-order valence-corrected chi connectivity index (χ3v) is 5.56. The van der Waals surface area contributed by atoms with Crippen LogP contribution in [0.4, 0.5) is 5.82 Å². The summed E-state index contributed by atoms with van der Waals surface area (Å²) in [5, 5.41) is 12.6. The molecule has 9 nitrogen and oxygen atoms in total. The maximum Gasteiger partial charge on any atom is 0.247 e. The number of amides is 1. The first-order valence-corrected chi connectivity index (χ1v) is 10.3. The molecule has 4 heterocycles. The second-order valence-electron chi connectivity index (χ2n) is 7.96. The first kappa shape index (κ1) is 18.6. The third-order valence-electron chi connectivity index (χ3n) is 5.56. The average molecular weight is 426 g/mol. The van der Waals surface area contributed by atoms with Crippen LogP contribution >= 0.6 is 0 Å². The lowest BCUT2D eigenvalue weighted by Gasteiger charge is -2.08. The smallest absolute Gasteiger partial charge is 0.247 e. The van der Waals surface area contributed by atoms with Gasteiger partial charge in [-0.15, -0.1) is 10.2 Å². The maximum atomic E-state index is 12.2. The number of hydrogen-bond acceptors (Lipinski definition) is 8. The predicted octanol–water partition coefficient (Wildman–Crippen LogP) is 4.45. The minimum absolute atomic E-state index is 0.00910. The first-order chi connectivity index (χ1) is 15.5. The molecule has 0 bridgehead atoms. The number of rotatable bonds is 4. The molecule has 32 heavy (non-hydrogen) atoms. The monoisotopic (exact) mass is 426 g/mol. The van der Waals surface area contributed by atoms with Crippen LogP contribution in [0.2, 0.25) is 0 Å². The van der Waals surface area contributed by atoms with E-state index in [4.69, 9.17) is 8.83 Å². The molecule has 5 aromatic rings. The number of nitrogens with one attached hydrogen (secondary N) is 1. The summed E-state index contributed by atoms with van der Waals surface area (Å²) < 4.78 is 11.6. The Kier molecular flexibility index (Phi) is 4.04. The molecule has 0 atom stereocenters. The van der Waals surface area contributed by atoms with Crippen molar-refractivity contribution in [3.63, 3.8) is 0 Å². The molecule has 1 N–H and O–H groups in total. The Bertz CT molecular complexity index is 1520. The van der Waals surface area contributed by atoms with Crippen molar-refractivity contribution in [2.75, 3.05) is 5.32 Å². The normalized spacial score (nSPS) is 13.7. The molecule has 6 rings (SSSR count). The standard InChI is InChI=1S/C23H18N6O3/c1-11-16-9-25-20(27-21(30)13-3-4-13)8-15(16)17(10-24-11)23-26-18-7-14(5-6-19(18)32-23)22-29-28-12(2)31-22/h5-10,13H,3-4H2,1-2H3,(H,25,27,30). The van der Waals surface area contributed by atoms with E-state index in [0.717, 1.165) is 40.4 Å². The number of hydrogen-bond donors (Lipinski definition) is 1. The number of nitrogens with zero attached hydrogens (tertiary/aromatic N) is 5. The number of aryl methyl sites for hydroxylation is 2. The number of carbonyl (C=O) groups is 1. The van der Waals surface area contributed by atoms with E-state index in [1.54, 1.807) is 19.3 Å². The summed E-state index contributed by atoms with van der Waals surface area (Å²) >= 11 is 0. The molecule has 0 aliphatic heterocycles. The van der Waals surface area contributed by atoms with Crippen LogP contribution in [-0.2, 0) is 4.79 Å². The van der Waals surface area contributed by atoms with Crippen LogP contribution in [0.5, 0.6) is 0 Å². The second kappa shape index (κ2) is 6.94. The number of benzene rings is 1. The van der Waals surface area contributed by atoms with E-state index >= 15 is 0 Å². The Morgan fingerprint density at radius 2 is 1.88 bits per heavy atom. The number of fused-ring (bicyclic) bond motifs is 2. The molecule has 158 valence electrons. The Morgan fingerprint density at radius 1 is 1.00 bits per heavy atom. The molecule has 1 aliphatic carbocycles. The van der Waals surface area contributed by atoms with Crippen molar-refractivity contribution in [3.05, 3.63) is 48.2 Å². The van der Waals surface area contributed by atoms with Gasteiger partial charge in [-0.3, -0.25) is 9.78 Å². The van der Waals surface area contributed by atoms with E-state index in [0.29, 0.717) is 34.6 Å². The fraction of sp³-hybridized carbons (Fsp3) is 0.217. The van der Waals surface area contributed by atoms with Gasteiger partial charge in [-0.05, 0) is 44.0 Å². The highest BCUT2D eigenvalue weighted by Gasteiger charge is 2.30. The van der Waals surface area contributed by atoms with Crippen molar-refractivity contribution in [1.29, 1.82) is 0 Å².